The van der Waals surface area contributed by atoms with Crippen molar-refractivity contribution in [3.05, 3.63) is 83.3 Å². The molecule has 3 rings (SSSR count). The van der Waals surface area contributed by atoms with E-state index in [9.17, 15) is 0 Å². The maximum absolute atomic E-state index is 4.99. The molecule has 29 heavy (non-hydrogen) atoms. The Labute approximate surface area is 176 Å². The van der Waals surface area contributed by atoms with Crippen LogP contribution in [-0.2, 0) is 6.42 Å². The Morgan fingerprint density at radius 1 is 1.07 bits per heavy atom. The van der Waals surface area contributed by atoms with E-state index < -0.39 is 0 Å². The first-order valence-electron chi connectivity index (χ1n) is 10.8. The highest BCUT2D eigenvalue weighted by atomic mass is 15.1. The molecule has 1 saturated heterocycles. The topological polar surface area (TPSA) is 28.2 Å². The zero-order valence-corrected chi connectivity index (χ0v) is 18.4. The zero-order valence-electron chi connectivity index (χ0n) is 18.4. The fourth-order valence-electron chi connectivity index (χ4n) is 3.52. The van der Waals surface area contributed by atoms with Gasteiger partial charge in [-0.2, -0.15) is 0 Å². The van der Waals surface area contributed by atoms with Crippen LogP contribution >= 0.6 is 0 Å². The molecule has 1 aromatic heterocycles. The maximum atomic E-state index is 4.99. The van der Waals surface area contributed by atoms with Gasteiger partial charge in [0.2, 0.25) is 0 Å². The average molecular weight is 390 g/mol. The molecule has 1 N–H and O–H groups in total. The second-order valence-corrected chi connectivity index (χ2v) is 9.01. The SMILES string of the molecule is Cc1ccc(C(=CCN2CCCC2)c2cccc(CC=CNC(C)(C)C)n2)cc1. The number of likely N-dealkylation sites (tertiary alicyclic amines) is 1. The van der Waals surface area contributed by atoms with Gasteiger partial charge < -0.3 is 5.32 Å². The number of hydrogen-bond donors (Lipinski definition) is 1. The number of hydrogen-bond acceptors (Lipinski definition) is 3. The normalized spacial score (nSPS) is 15.9. The lowest BCUT2D eigenvalue weighted by atomic mass is 10.00. The summed E-state index contributed by atoms with van der Waals surface area (Å²) >= 11 is 0. The number of benzene rings is 1. The van der Waals surface area contributed by atoms with Crippen molar-refractivity contribution in [1.82, 2.24) is 15.2 Å². The van der Waals surface area contributed by atoms with Crippen molar-refractivity contribution in [2.75, 3.05) is 19.6 Å². The number of aryl methyl sites for hydroxylation is 1. The molecule has 0 spiro atoms. The van der Waals surface area contributed by atoms with Gasteiger partial charge in [-0.3, -0.25) is 9.88 Å². The van der Waals surface area contributed by atoms with Crippen molar-refractivity contribution in [3.63, 3.8) is 0 Å². The molecule has 1 aliphatic rings. The molecule has 0 atom stereocenters. The summed E-state index contributed by atoms with van der Waals surface area (Å²) in [5.74, 6) is 0. The third-order valence-electron chi connectivity index (χ3n) is 5.16. The average Bonchev–Trinajstić information content (AvgIpc) is 3.20. The standard InChI is InChI=1S/C26H35N3/c1-21-12-14-22(15-13-21)24(16-20-29-18-5-6-19-29)25-11-7-9-23(28-25)10-8-17-27-26(2,3)4/h7-9,11-17,27H,5-6,10,18-20H2,1-4H3. The van der Waals surface area contributed by atoms with Gasteiger partial charge in [-0.1, -0.05) is 48.0 Å². The zero-order chi connectivity index (χ0) is 20.7. The Morgan fingerprint density at radius 2 is 1.79 bits per heavy atom. The van der Waals surface area contributed by atoms with Crippen molar-refractivity contribution in [2.45, 2.75) is 52.5 Å². The molecular formula is C26H35N3. The predicted molar refractivity (Wildman–Crippen MR) is 124 cm³/mol. The van der Waals surface area contributed by atoms with Crippen molar-refractivity contribution < 1.29 is 0 Å². The van der Waals surface area contributed by atoms with Crippen LogP contribution in [0.2, 0.25) is 0 Å². The van der Waals surface area contributed by atoms with Crippen LogP contribution in [0.15, 0.2) is 60.8 Å². The lowest BCUT2D eigenvalue weighted by Gasteiger charge is -2.18. The molecule has 0 saturated carbocycles. The lowest BCUT2D eigenvalue weighted by molar-refractivity contribution is 0.377. The van der Waals surface area contributed by atoms with Gasteiger partial charge in [-0.05, 0) is 77.5 Å². The Hall–Kier alpha value is -2.39. The number of allylic oxidation sites excluding steroid dienone is 1. The fourth-order valence-corrected chi connectivity index (χ4v) is 3.52. The summed E-state index contributed by atoms with van der Waals surface area (Å²) in [6.45, 7) is 12.0. The fraction of sp³-hybridized carbons (Fsp3) is 0.423. The van der Waals surface area contributed by atoms with Crippen LogP contribution in [0.1, 0.15) is 56.1 Å². The summed E-state index contributed by atoms with van der Waals surface area (Å²) in [6.07, 6.45) is 10.0. The molecule has 0 unspecified atom stereocenters. The first kappa shape index (κ1) is 21.3. The van der Waals surface area contributed by atoms with E-state index in [2.05, 4.69) is 92.5 Å². The smallest absolute Gasteiger partial charge is 0.0708 e. The number of pyridine rings is 1. The van der Waals surface area contributed by atoms with Crippen LogP contribution in [0, 0.1) is 6.92 Å². The molecule has 1 aliphatic heterocycles. The van der Waals surface area contributed by atoms with E-state index in [0.29, 0.717) is 0 Å². The van der Waals surface area contributed by atoms with Gasteiger partial charge in [0.15, 0.2) is 0 Å². The maximum Gasteiger partial charge on any atom is 0.0708 e. The van der Waals surface area contributed by atoms with Gasteiger partial charge in [0.05, 0.1) is 5.69 Å². The van der Waals surface area contributed by atoms with Crippen LogP contribution in [-0.4, -0.2) is 35.1 Å². The molecule has 0 aliphatic carbocycles. The Kier molecular flexibility index (Phi) is 7.27. The minimum absolute atomic E-state index is 0.0860. The van der Waals surface area contributed by atoms with Crippen LogP contribution < -0.4 is 5.32 Å². The quantitative estimate of drug-likeness (QED) is 0.691. The summed E-state index contributed by atoms with van der Waals surface area (Å²) in [6, 6.07) is 15.2. The van der Waals surface area contributed by atoms with E-state index in [1.807, 2.05) is 6.20 Å². The van der Waals surface area contributed by atoms with E-state index >= 15 is 0 Å². The molecule has 2 aromatic rings. The van der Waals surface area contributed by atoms with Gasteiger partial charge in [-0.25, -0.2) is 0 Å². The molecule has 3 heteroatoms. The van der Waals surface area contributed by atoms with Crippen molar-refractivity contribution >= 4 is 5.57 Å². The molecule has 154 valence electrons. The summed E-state index contributed by atoms with van der Waals surface area (Å²) in [5.41, 5.74) is 5.99. The summed E-state index contributed by atoms with van der Waals surface area (Å²) in [5, 5.41) is 3.39. The third-order valence-corrected chi connectivity index (χ3v) is 5.16. The molecule has 0 amide bonds. The van der Waals surface area contributed by atoms with Crippen LogP contribution in [0.5, 0.6) is 0 Å². The molecule has 0 bridgehead atoms. The van der Waals surface area contributed by atoms with E-state index in [1.165, 1.54) is 42.6 Å². The molecule has 3 nitrogen and oxygen atoms in total. The highest BCUT2D eigenvalue weighted by Crippen LogP contribution is 2.23. The number of nitrogens with zero attached hydrogens (tertiary/aromatic N) is 2. The van der Waals surface area contributed by atoms with Crippen LogP contribution in [0.4, 0.5) is 0 Å². The predicted octanol–water partition coefficient (Wildman–Crippen LogP) is 5.36. The second kappa shape index (κ2) is 9.89. The minimum atomic E-state index is 0.0860. The van der Waals surface area contributed by atoms with E-state index in [1.54, 1.807) is 0 Å². The van der Waals surface area contributed by atoms with E-state index in [-0.39, 0.29) is 5.54 Å². The van der Waals surface area contributed by atoms with Gasteiger partial charge in [0.1, 0.15) is 0 Å². The van der Waals surface area contributed by atoms with Gasteiger partial charge >= 0.3 is 0 Å². The van der Waals surface area contributed by atoms with E-state index in [4.69, 9.17) is 4.98 Å². The monoisotopic (exact) mass is 389 g/mol. The highest BCUT2D eigenvalue weighted by Gasteiger charge is 2.12. The Balaban J connectivity index is 1.81. The largest absolute Gasteiger partial charge is 0.387 e. The molecule has 2 heterocycles. The molecule has 1 aromatic carbocycles. The second-order valence-electron chi connectivity index (χ2n) is 9.01. The Bertz CT molecular complexity index is 835. The summed E-state index contributed by atoms with van der Waals surface area (Å²) in [4.78, 5) is 7.51. The van der Waals surface area contributed by atoms with Crippen LogP contribution in [0.25, 0.3) is 5.57 Å². The lowest BCUT2D eigenvalue weighted by Crippen LogP contribution is -2.30. The Morgan fingerprint density at radius 3 is 2.48 bits per heavy atom. The third kappa shape index (κ3) is 6.86. The molecule has 1 fully saturated rings. The number of rotatable bonds is 7. The van der Waals surface area contributed by atoms with Gasteiger partial charge in [0.25, 0.3) is 0 Å². The molecular weight excluding hydrogens is 354 g/mol. The van der Waals surface area contributed by atoms with Crippen molar-refractivity contribution in [2.24, 2.45) is 0 Å². The van der Waals surface area contributed by atoms with Crippen LogP contribution in [0.3, 0.4) is 0 Å². The summed E-state index contributed by atoms with van der Waals surface area (Å²) < 4.78 is 0. The first-order chi connectivity index (χ1) is 13.9. The first-order valence-corrected chi connectivity index (χ1v) is 10.8. The minimum Gasteiger partial charge on any atom is -0.387 e. The number of aromatic nitrogens is 1. The van der Waals surface area contributed by atoms with E-state index in [0.717, 1.165) is 24.4 Å². The van der Waals surface area contributed by atoms with Gasteiger partial charge in [-0.15, -0.1) is 0 Å². The van der Waals surface area contributed by atoms with Gasteiger partial charge in [0, 0.05) is 29.8 Å². The summed E-state index contributed by atoms with van der Waals surface area (Å²) in [7, 11) is 0. The highest BCUT2D eigenvalue weighted by molar-refractivity contribution is 5.78. The number of nitrogens with one attached hydrogen (secondary N) is 1. The van der Waals surface area contributed by atoms with Crippen molar-refractivity contribution in [3.8, 4) is 0 Å². The molecule has 0 radical (unpaired) electrons. The van der Waals surface area contributed by atoms with Crippen molar-refractivity contribution in [1.29, 1.82) is 0 Å².